The summed E-state index contributed by atoms with van der Waals surface area (Å²) in [6, 6.07) is 9.72. The molecule has 0 saturated carbocycles. The molecule has 0 aromatic heterocycles. The van der Waals surface area contributed by atoms with Gasteiger partial charge in [0.15, 0.2) is 23.0 Å². The van der Waals surface area contributed by atoms with E-state index >= 15 is 0 Å². The van der Waals surface area contributed by atoms with E-state index in [0.29, 0.717) is 23.6 Å². The number of hydrogen-bond acceptors (Lipinski definition) is 5. The van der Waals surface area contributed by atoms with E-state index in [4.69, 9.17) is 9.47 Å². The van der Waals surface area contributed by atoms with E-state index in [1.54, 1.807) is 38.5 Å². The van der Waals surface area contributed by atoms with Crippen molar-refractivity contribution in [1.82, 2.24) is 5.32 Å². The number of hydrogen-bond donors (Lipinski definition) is 3. The van der Waals surface area contributed by atoms with Gasteiger partial charge in [0.1, 0.15) is 0 Å². The molecule has 2 aromatic rings. The Morgan fingerprint density at radius 3 is 2.46 bits per heavy atom. The average Bonchev–Trinajstić information content (AvgIpc) is 2.60. The Morgan fingerprint density at radius 2 is 1.79 bits per heavy atom. The first kappa shape index (κ1) is 17.2. The van der Waals surface area contributed by atoms with Crippen LogP contribution in [0.5, 0.6) is 23.0 Å². The van der Waals surface area contributed by atoms with Gasteiger partial charge in [0.2, 0.25) is 5.91 Å². The molecule has 0 radical (unpaired) electrons. The highest BCUT2D eigenvalue weighted by atomic mass is 16.5. The van der Waals surface area contributed by atoms with Crippen LogP contribution in [0.15, 0.2) is 42.5 Å². The summed E-state index contributed by atoms with van der Waals surface area (Å²) < 4.78 is 10.4. The molecule has 0 heterocycles. The number of phenolic OH excluding ortho intramolecular Hbond substituents is 2. The smallest absolute Gasteiger partial charge is 0.244 e. The number of benzene rings is 2. The normalized spacial score (nSPS) is 10.6. The largest absolute Gasteiger partial charge is 0.504 e. The second kappa shape index (κ2) is 7.92. The number of nitrogens with one attached hydrogen (secondary N) is 1. The van der Waals surface area contributed by atoms with Crippen LogP contribution in [-0.2, 0) is 11.3 Å². The van der Waals surface area contributed by atoms with E-state index in [1.165, 1.54) is 18.2 Å². The molecular formula is C18H19NO5. The monoisotopic (exact) mass is 329 g/mol. The van der Waals surface area contributed by atoms with Gasteiger partial charge in [0.05, 0.1) is 14.2 Å². The molecular weight excluding hydrogens is 310 g/mol. The molecule has 2 rings (SSSR count). The number of phenols is 2. The lowest BCUT2D eigenvalue weighted by molar-refractivity contribution is -0.116. The molecule has 6 heteroatoms. The molecule has 1 amide bonds. The standard InChI is InChI=1S/C18H19NO5/c1-23-16-7-4-13(10-17(16)24-2)11-19-18(22)8-5-12-3-6-14(20)15(21)9-12/h3-10,20-21H,11H2,1-2H3,(H,19,22)/b8-5+. The zero-order valence-electron chi connectivity index (χ0n) is 13.4. The highest BCUT2D eigenvalue weighted by Crippen LogP contribution is 2.27. The van der Waals surface area contributed by atoms with Gasteiger partial charge in [-0.25, -0.2) is 0 Å². The molecule has 0 unspecified atom stereocenters. The van der Waals surface area contributed by atoms with Crippen LogP contribution in [0.2, 0.25) is 0 Å². The topological polar surface area (TPSA) is 88.0 Å². The van der Waals surface area contributed by atoms with Crippen molar-refractivity contribution >= 4 is 12.0 Å². The average molecular weight is 329 g/mol. The lowest BCUT2D eigenvalue weighted by atomic mass is 10.2. The summed E-state index contributed by atoms with van der Waals surface area (Å²) >= 11 is 0. The van der Waals surface area contributed by atoms with Gasteiger partial charge in [-0.15, -0.1) is 0 Å². The molecule has 2 aromatic carbocycles. The molecule has 0 aliphatic carbocycles. The third-order valence-electron chi connectivity index (χ3n) is 3.34. The van der Waals surface area contributed by atoms with Gasteiger partial charge in [-0.2, -0.15) is 0 Å². The third-order valence-corrected chi connectivity index (χ3v) is 3.34. The van der Waals surface area contributed by atoms with Crippen molar-refractivity contribution in [2.24, 2.45) is 0 Å². The van der Waals surface area contributed by atoms with Gasteiger partial charge in [0, 0.05) is 12.6 Å². The Labute approximate surface area is 140 Å². The number of rotatable bonds is 6. The summed E-state index contributed by atoms with van der Waals surface area (Å²) in [5.74, 6) is 0.504. The Balaban J connectivity index is 1.95. The van der Waals surface area contributed by atoms with E-state index in [1.807, 2.05) is 6.07 Å². The molecule has 0 saturated heterocycles. The van der Waals surface area contributed by atoms with Crippen molar-refractivity contribution in [3.8, 4) is 23.0 Å². The van der Waals surface area contributed by atoms with Crippen molar-refractivity contribution in [3.63, 3.8) is 0 Å². The molecule has 0 bridgehead atoms. The number of amides is 1. The Kier molecular flexibility index (Phi) is 5.68. The third kappa shape index (κ3) is 4.42. The summed E-state index contributed by atoms with van der Waals surface area (Å²) in [6.45, 7) is 0.338. The van der Waals surface area contributed by atoms with Gasteiger partial charge in [-0.3, -0.25) is 4.79 Å². The van der Waals surface area contributed by atoms with E-state index in [-0.39, 0.29) is 17.4 Å². The first-order chi connectivity index (χ1) is 11.5. The fourth-order valence-corrected chi connectivity index (χ4v) is 2.05. The molecule has 3 N–H and O–H groups in total. The van der Waals surface area contributed by atoms with Gasteiger partial charge >= 0.3 is 0 Å². The fraction of sp³-hybridized carbons (Fsp3) is 0.167. The van der Waals surface area contributed by atoms with Crippen molar-refractivity contribution < 1.29 is 24.5 Å². The van der Waals surface area contributed by atoms with Crippen molar-refractivity contribution in [2.75, 3.05) is 14.2 Å². The summed E-state index contributed by atoms with van der Waals surface area (Å²) in [4.78, 5) is 11.9. The van der Waals surface area contributed by atoms with Crippen LogP contribution in [0.1, 0.15) is 11.1 Å². The highest BCUT2D eigenvalue weighted by molar-refractivity contribution is 5.91. The second-order valence-electron chi connectivity index (χ2n) is 4.99. The van der Waals surface area contributed by atoms with Crippen LogP contribution < -0.4 is 14.8 Å². The van der Waals surface area contributed by atoms with Crippen molar-refractivity contribution in [1.29, 1.82) is 0 Å². The van der Waals surface area contributed by atoms with Gasteiger partial charge < -0.3 is 25.0 Å². The Morgan fingerprint density at radius 1 is 1.04 bits per heavy atom. The first-order valence-corrected chi connectivity index (χ1v) is 7.22. The number of ether oxygens (including phenoxy) is 2. The van der Waals surface area contributed by atoms with Crippen LogP contribution in [-0.4, -0.2) is 30.3 Å². The Bertz CT molecular complexity index is 755. The maximum Gasteiger partial charge on any atom is 0.244 e. The van der Waals surface area contributed by atoms with E-state index in [0.717, 1.165) is 5.56 Å². The summed E-state index contributed by atoms with van der Waals surface area (Å²) in [7, 11) is 3.11. The molecule has 0 aliphatic rings. The van der Waals surface area contributed by atoms with Crippen molar-refractivity contribution in [2.45, 2.75) is 6.54 Å². The second-order valence-corrected chi connectivity index (χ2v) is 4.99. The summed E-state index contributed by atoms with van der Waals surface area (Å²) in [5, 5.41) is 21.4. The molecule has 24 heavy (non-hydrogen) atoms. The number of methoxy groups -OCH3 is 2. The fourth-order valence-electron chi connectivity index (χ4n) is 2.05. The van der Waals surface area contributed by atoms with E-state index < -0.39 is 0 Å². The maximum absolute atomic E-state index is 11.9. The lowest BCUT2D eigenvalue weighted by Crippen LogP contribution is -2.20. The molecule has 0 atom stereocenters. The minimum Gasteiger partial charge on any atom is -0.504 e. The highest BCUT2D eigenvalue weighted by Gasteiger charge is 2.05. The van der Waals surface area contributed by atoms with Crippen LogP contribution in [0.25, 0.3) is 6.08 Å². The van der Waals surface area contributed by atoms with Crippen LogP contribution >= 0.6 is 0 Å². The Hall–Kier alpha value is -3.15. The van der Waals surface area contributed by atoms with Crippen LogP contribution in [0.4, 0.5) is 0 Å². The quantitative estimate of drug-likeness (QED) is 0.560. The van der Waals surface area contributed by atoms with Gasteiger partial charge in [-0.05, 0) is 41.5 Å². The van der Waals surface area contributed by atoms with Crippen molar-refractivity contribution in [3.05, 3.63) is 53.6 Å². The number of carbonyl (C=O) groups excluding carboxylic acids is 1. The zero-order valence-corrected chi connectivity index (χ0v) is 13.4. The molecule has 0 aliphatic heterocycles. The first-order valence-electron chi connectivity index (χ1n) is 7.22. The minimum absolute atomic E-state index is 0.204. The number of aromatic hydroxyl groups is 2. The summed E-state index contributed by atoms with van der Waals surface area (Å²) in [5.41, 5.74) is 1.48. The van der Waals surface area contributed by atoms with Crippen LogP contribution in [0, 0.1) is 0 Å². The molecule has 126 valence electrons. The predicted octanol–water partition coefficient (Wildman–Crippen LogP) is 2.44. The zero-order chi connectivity index (χ0) is 17.5. The lowest BCUT2D eigenvalue weighted by Gasteiger charge is -2.09. The minimum atomic E-state index is -0.280. The molecule has 0 spiro atoms. The van der Waals surface area contributed by atoms with Gasteiger partial charge in [0.25, 0.3) is 0 Å². The van der Waals surface area contributed by atoms with Gasteiger partial charge in [-0.1, -0.05) is 12.1 Å². The summed E-state index contributed by atoms with van der Waals surface area (Å²) in [6.07, 6.45) is 2.90. The van der Waals surface area contributed by atoms with Crippen LogP contribution in [0.3, 0.4) is 0 Å². The van der Waals surface area contributed by atoms with E-state index in [9.17, 15) is 15.0 Å². The SMILES string of the molecule is COc1ccc(CNC(=O)/C=C/c2ccc(O)c(O)c2)cc1OC. The van der Waals surface area contributed by atoms with E-state index in [2.05, 4.69) is 5.32 Å². The number of carbonyl (C=O) groups is 1. The predicted molar refractivity (Wildman–Crippen MR) is 90.2 cm³/mol. The molecule has 6 nitrogen and oxygen atoms in total. The molecule has 0 fully saturated rings. The maximum atomic E-state index is 11.9.